The number of anilines is 6. The van der Waals surface area contributed by atoms with E-state index in [-0.39, 0.29) is 6.03 Å². The predicted molar refractivity (Wildman–Crippen MR) is 290 cm³/mol. The highest BCUT2D eigenvalue weighted by Gasteiger charge is 2.19. The first-order valence-corrected chi connectivity index (χ1v) is 24.2. The molecule has 8 aromatic heterocycles. The number of aromatic nitrogens is 12. The van der Waals surface area contributed by atoms with E-state index < -0.39 is 0 Å². The molecule has 0 bridgehead atoms. The average molecular weight is 1080 g/mol. The van der Waals surface area contributed by atoms with E-state index in [1.54, 1.807) is 49.6 Å². The van der Waals surface area contributed by atoms with Crippen LogP contribution >= 0.6 is 22.6 Å². The highest BCUT2D eigenvalue weighted by molar-refractivity contribution is 14.1. The number of benzene rings is 2. The van der Waals surface area contributed by atoms with Crippen LogP contribution in [0.1, 0.15) is 1.37 Å². The molecule has 2 amide bonds. The van der Waals surface area contributed by atoms with E-state index >= 15 is 0 Å². The number of morpholine rings is 2. The minimum Gasteiger partial charge on any atom is -0.399 e. The number of fused-ring (bicyclic) bond motifs is 2. The number of nitrogens with two attached hydrogens (primary N) is 2. The maximum absolute atomic E-state index is 12.5. The van der Waals surface area contributed by atoms with Gasteiger partial charge in [0.05, 0.1) is 48.6 Å². The number of nitrogen functional groups attached to an aromatic ring is 2. The number of halogens is 1. The van der Waals surface area contributed by atoms with Gasteiger partial charge in [0.25, 0.3) is 0 Å². The number of hydrogen-bond acceptors (Lipinski definition) is 15. The third-order valence-corrected chi connectivity index (χ3v) is 11.5. The topological polar surface area (TPSA) is 284 Å². The van der Waals surface area contributed by atoms with Crippen molar-refractivity contribution in [2.75, 3.05) is 89.4 Å². The third kappa shape index (κ3) is 11.9. The molecular weight excluding hydrogens is 1030 g/mol. The summed E-state index contributed by atoms with van der Waals surface area (Å²) in [4.78, 5) is 49.8. The van der Waals surface area contributed by atoms with Gasteiger partial charge in [0, 0.05) is 98.4 Å². The van der Waals surface area contributed by atoms with Gasteiger partial charge in [-0.3, -0.25) is 25.5 Å². The summed E-state index contributed by atoms with van der Waals surface area (Å²) in [6.45, 7) is 6.18. The van der Waals surface area contributed by atoms with E-state index in [4.69, 9.17) is 22.3 Å². The summed E-state index contributed by atoms with van der Waals surface area (Å²) in [6, 6.07) is 30.2. The maximum atomic E-state index is 12.5. The molecule has 2 aromatic carbocycles. The van der Waals surface area contributed by atoms with Crippen molar-refractivity contribution in [3.8, 4) is 45.0 Å². The quantitative estimate of drug-likeness (QED) is 0.0406. The number of alkyl halides is 1. The van der Waals surface area contributed by atoms with Gasteiger partial charge in [0.1, 0.15) is 41.4 Å². The van der Waals surface area contributed by atoms with Gasteiger partial charge in [-0.25, -0.2) is 24.7 Å². The molecule has 0 radical (unpaired) electrons. The van der Waals surface area contributed by atoms with Gasteiger partial charge in [0.15, 0.2) is 5.82 Å². The average Bonchev–Trinajstić information content (AvgIpc) is 4.28. The minimum atomic E-state index is -0.383. The first kappa shape index (κ1) is 47.2. The van der Waals surface area contributed by atoms with Crippen molar-refractivity contribution in [1.82, 2.24) is 60.3 Å². The Kier molecular flexibility index (Phi) is 15.4. The minimum absolute atomic E-state index is 0.383. The fraction of sp³-hybridized carbons (Fsp3) is 0.180. The molecule has 366 valence electrons. The second kappa shape index (κ2) is 23.4. The lowest BCUT2D eigenvalue weighted by Gasteiger charge is -2.27. The number of nitrogens with one attached hydrogen (secondary N) is 6. The number of amides is 2. The molecule has 0 unspecified atom stereocenters. The summed E-state index contributed by atoms with van der Waals surface area (Å²) in [5.74, 6) is 2.80. The van der Waals surface area contributed by atoms with Crippen LogP contribution in [0.25, 0.3) is 67.1 Å². The largest absolute Gasteiger partial charge is 0.399 e. The van der Waals surface area contributed by atoms with Crippen LogP contribution in [0.3, 0.4) is 0 Å². The zero-order chi connectivity index (χ0) is 50.4. The number of pyridine rings is 2. The lowest BCUT2D eigenvalue weighted by Crippen LogP contribution is -2.36. The van der Waals surface area contributed by atoms with E-state index in [0.717, 1.165) is 124 Å². The lowest BCUT2D eigenvalue weighted by atomic mass is 10.1. The van der Waals surface area contributed by atoms with Crippen molar-refractivity contribution in [2.24, 2.45) is 0 Å². The molecule has 21 nitrogen and oxygen atoms in total. The number of ether oxygens (including phenoxy) is 2. The molecule has 12 rings (SSSR count). The standard InChI is InChI=1S/C25H23N9O2.C16H17N5O.C8H8N4.CH3I/c35-25(31-22-14-21(32-33-22)17-5-7-26-8-6-17)29-18-3-1-16(2-4-18)20-13-19-23(30-20)27-15-28-24(19)34-9-11-36-12-10-34;17-12-3-1-11(2-4-12)14-9-13-15(20-14)18-10-19-16(13)21-5-7-22-8-6-21;9-8-5-7(11-12-8)6-1-3-10-4-2-6;1-2/h1-8,13-15H,9-12H2,(H,27,28,30)(H3,29,31,32,33,35);1-4,9-10H,5-8,17H2,(H,18,19,20);1-5H,(H3,9,11,12);1H3/i;;;1D. The van der Waals surface area contributed by atoms with E-state index in [0.29, 0.717) is 35.4 Å². The Hall–Kier alpha value is -8.48. The Labute approximate surface area is 428 Å². The maximum Gasteiger partial charge on any atom is 0.324 e. The highest BCUT2D eigenvalue weighted by atomic mass is 127. The van der Waals surface area contributed by atoms with E-state index in [2.05, 4.69) is 92.8 Å². The number of nitrogens with zero attached hydrogens (tertiary/aromatic N) is 10. The second-order valence-electron chi connectivity index (χ2n) is 16.1. The van der Waals surface area contributed by atoms with Crippen LogP contribution in [0.5, 0.6) is 0 Å². The normalized spacial score (nSPS) is 13.4. The number of carbonyl (C=O) groups is 1. The summed E-state index contributed by atoms with van der Waals surface area (Å²) >= 11 is 1.96. The molecule has 0 aliphatic carbocycles. The third-order valence-electron chi connectivity index (χ3n) is 11.5. The molecule has 2 saturated heterocycles. The summed E-state index contributed by atoms with van der Waals surface area (Å²) < 4.78 is 17.1. The number of H-pyrrole nitrogens is 4. The van der Waals surface area contributed by atoms with Gasteiger partial charge in [-0.2, -0.15) is 10.2 Å². The van der Waals surface area contributed by atoms with Crippen molar-refractivity contribution in [3.63, 3.8) is 0 Å². The Morgan fingerprint density at radius 1 is 0.597 bits per heavy atom. The van der Waals surface area contributed by atoms with Crippen LogP contribution in [0, 0.1) is 0 Å². The Balaban J connectivity index is 0.000000149. The molecule has 10 aromatic rings. The zero-order valence-electron chi connectivity index (χ0n) is 39.8. The van der Waals surface area contributed by atoms with Gasteiger partial charge in [-0.1, -0.05) is 46.9 Å². The van der Waals surface area contributed by atoms with Crippen molar-refractivity contribution < 1.29 is 15.6 Å². The Morgan fingerprint density at radius 2 is 1.06 bits per heavy atom. The molecule has 2 aliphatic heterocycles. The molecule has 0 saturated carbocycles. The van der Waals surface area contributed by atoms with Crippen molar-refractivity contribution >= 4 is 85.3 Å². The van der Waals surface area contributed by atoms with Crippen molar-refractivity contribution in [1.29, 1.82) is 0 Å². The molecular formula is C50H51IN18O3. The smallest absolute Gasteiger partial charge is 0.324 e. The highest BCUT2D eigenvalue weighted by Crippen LogP contribution is 2.31. The number of rotatable bonds is 8. The van der Waals surface area contributed by atoms with Crippen LogP contribution in [-0.2, 0) is 9.47 Å². The van der Waals surface area contributed by atoms with Crippen LogP contribution < -0.4 is 31.9 Å². The SMILES string of the molecule is Nc1cc(-c2ccncc2)[nH]n1.Nc1ccc(-c2cc3c(N4CCOCC4)ncnc3[nH]2)cc1.O=C(Nc1ccc(-c2cc3c(N4CCOCC4)ncnc3[nH]2)cc1)Nc1cc(-c2ccncc2)[nH]n1.[2H]CI. The van der Waals surface area contributed by atoms with Crippen LogP contribution in [0.4, 0.5) is 39.4 Å². The Morgan fingerprint density at radius 3 is 1.54 bits per heavy atom. The second-order valence-corrected chi connectivity index (χ2v) is 16.1. The molecule has 10 N–H and O–H groups in total. The van der Waals surface area contributed by atoms with Gasteiger partial charge in [-0.05, 0) is 76.7 Å². The van der Waals surface area contributed by atoms with Crippen LogP contribution in [0.2, 0.25) is 0 Å². The molecule has 2 fully saturated rings. The lowest BCUT2D eigenvalue weighted by molar-refractivity contribution is 0.122. The van der Waals surface area contributed by atoms with E-state index in [1.165, 1.54) is 0 Å². The van der Waals surface area contributed by atoms with Crippen LogP contribution in [0.15, 0.2) is 135 Å². The van der Waals surface area contributed by atoms with Crippen molar-refractivity contribution in [3.05, 3.63) is 135 Å². The molecule has 2 aliphatic rings. The number of hydrogen-bond donors (Lipinski definition) is 8. The van der Waals surface area contributed by atoms with Crippen molar-refractivity contribution in [2.45, 2.75) is 0 Å². The van der Waals surface area contributed by atoms with Gasteiger partial charge in [0.2, 0.25) is 0 Å². The van der Waals surface area contributed by atoms with Gasteiger partial charge >= 0.3 is 6.03 Å². The molecule has 10 heterocycles. The first-order valence-electron chi connectivity index (χ1n) is 23.4. The van der Waals surface area contributed by atoms with Crippen LogP contribution in [-0.4, -0.2) is 124 Å². The first-order chi connectivity index (χ1) is 35.8. The fourth-order valence-electron chi connectivity index (χ4n) is 7.97. The van der Waals surface area contributed by atoms with E-state index in [9.17, 15) is 4.79 Å². The summed E-state index contributed by atoms with van der Waals surface area (Å²) in [7, 11) is 0. The molecule has 72 heavy (non-hydrogen) atoms. The van der Waals surface area contributed by atoms with Gasteiger partial charge in [-0.15, -0.1) is 0 Å². The number of aromatic amines is 4. The number of urea groups is 1. The Bertz CT molecular complexity index is 3320. The molecule has 0 spiro atoms. The van der Waals surface area contributed by atoms with Gasteiger partial charge < -0.3 is 46.0 Å². The molecule has 22 heteroatoms. The molecule has 0 atom stereocenters. The fourth-order valence-corrected chi connectivity index (χ4v) is 7.97. The zero-order valence-corrected chi connectivity index (χ0v) is 41.0. The van der Waals surface area contributed by atoms with E-state index in [1.807, 2.05) is 95.4 Å². The summed E-state index contributed by atoms with van der Waals surface area (Å²) in [6.07, 6.45) is 10.0. The number of carbonyl (C=O) groups excluding carboxylic acids is 1. The summed E-state index contributed by atoms with van der Waals surface area (Å²) in [5.41, 5.74) is 21.9. The monoisotopic (exact) mass is 1080 g/mol. The summed E-state index contributed by atoms with van der Waals surface area (Å²) in [5, 5.41) is 21.3. The predicted octanol–water partition coefficient (Wildman–Crippen LogP) is 8.04.